The molecular formula is C20H19NO4. The van der Waals surface area contributed by atoms with Gasteiger partial charge in [0.05, 0.1) is 5.56 Å². The Hall–Kier alpha value is -2.79. The van der Waals surface area contributed by atoms with E-state index in [0.717, 1.165) is 24.9 Å². The van der Waals surface area contributed by atoms with Crippen LogP contribution in [-0.2, 0) is 0 Å². The van der Waals surface area contributed by atoms with Gasteiger partial charge in [-0.2, -0.15) is 0 Å². The summed E-state index contributed by atoms with van der Waals surface area (Å²) in [6, 6.07) is 11.9. The Bertz CT molecular complexity index is 994. The Labute approximate surface area is 144 Å². The third-order valence-electron chi connectivity index (χ3n) is 4.91. The molecule has 5 nitrogen and oxygen atoms in total. The first-order valence-electron chi connectivity index (χ1n) is 8.34. The molecule has 0 saturated carbocycles. The van der Waals surface area contributed by atoms with Crippen LogP contribution in [0.15, 0.2) is 51.7 Å². The highest BCUT2D eigenvalue weighted by atomic mass is 16.3. The van der Waals surface area contributed by atoms with E-state index in [2.05, 4.69) is 4.90 Å². The van der Waals surface area contributed by atoms with Crippen LogP contribution >= 0.6 is 0 Å². The fourth-order valence-corrected chi connectivity index (χ4v) is 3.66. The highest BCUT2D eigenvalue weighted by molar-refractivity contribution is 5.89. The van der Waals surface area contributed by atoms with Gasteiger partial charge in [-0.3, -0.25) is 9.69 Å². The van der Waals surface area contributed by atoms with Gasteiger partial charge in [0.25, 0.3) is 0 Å². The van der Waals surface area contributed by atoms with Crippen molar-refractivity contribution in [1.29, 1.82) is 0 Å². The minimum absolute atomic E-state index is 0.0442. The van der Waals surface area contributed by atoms with Gasteiger partial charge in [0.1, 0.15) is 22.6 Å². The Morgan fingerprint density at radius 2 is 1.88 bits per heavy atom. The summed E-state index contributed by atoms with van der Waals surface area (Å²) in [5.74, 6) is 0.118. The molecule has 0 amide bonds. The van der Waals surface area contributed by atoms with Gasteiger partial charge in [-0.05, 0) is 26.4 Å². The number of fused-ring (bicyclic) bond motifs is 1. The predicted molar refractivity (Wildman–Crippen MR) is 95.9 cm³/mol. The van der Waals surface area contributed by atoms with E-state index in [0.29, 0.717) is 11.3 Å². The summed E-state index contributed by atoms with van der Waals surface area (Å²) in [6.45, 7) is 0.912. The molecule has 5 heteroatoms. The van der Waals surface area contributed by atoms with Crippen molar-refractivity contribution in [2.45, 2.75) is 18.9 Å². The van der Waals surface area contributed by atoms with Gasteiger partial charge in [0, 0.05) is 23.7 Å². The number of hydrogen-bond acceptors (Lipinski definition) is 5. The molecule has 1 aliphatic rings. The van der Waals surface area contributed by atoms with Crippen LogP contribution in [0.5, 0.6) is 11.5 Å². The molecule has 25 heavy (non-hydrogen) atoms. The van der Waals surface area contributed by atoms with Crippen LogP contribution in [0.2, 0.25) is 0 Å². The number of rotatable bonds is 2. The molecule has 1 aliphatic heterocycles. The van der Waals surface area contributed by atoms with Crippen molar-refractivity contribution in [2.24, 2.45) is 0 Å². The van der Waals surface area contributed by atoms with Crippen molar-refractivity contribution in [3.8, 4) is 22.8 Å². The van der Waals surface area contributed by atoms with E-state index in [4.69, 9.17) is 4.42 Å². The summed E-state index contributed by atoms with van der Waals surface area (Å²) in [6.07, 6.45) is 1.87. The van der Waals surface area contributed by atoms with Gasteiger partial charge < -0.3 is 14.6 Å². The molecule has 1 atom stereocenters. The van der Waals surface area contributed by atoms with Crippen LogP contribution in [0.4, 0.5) is 0 Å². The van der Waals surface area contributed by atoms with Gasteiger partial charge in [-0.25, -0.2) is 0 Å². The molecule has 4 rings (SSSR count). The quantitative estimate of drug-likeness (QED) is 0.747. The average molecular weight is 337 g/mol. The zero-order chi connectivity index (χ0) is 17.6. The van der Waals surface area contributed by atoms with E-state index in [1.807, 2.05) is 37.4 Å². The number of nitrogens with zero attached hydrogens (tertiary/aromatic N) is 1. The average Bonchev–Trinajstić information content (AvgIpc) is 3.00. The van der Waals surface area contributed by atoms with Crippen LogP contribution in [0.25, 0.3) is 22.3 Å². The predicted octanol–water partition coefficient (Wildman–Crippen LogP) is 3.64. The van der Waals surface area contributed by atoms with E-state index < -0.39 is 0 Å². The van der Waals surface area contributed by atoms with E-state index in [1.54, 1.807) is 0 Å². The second-order valence-electron chi connectivity index (χ2n) is 6.51. The van der Waals surface area contributed by atoms with Gasteiger partial charge in [0.2, 0.25) is 0 Å². The molecule has 0 aliphatic carbocycles. The lowest BCUT2D eigenvalue weighted by molar-refractivity contribution is 0.308. The summed E-state index contributed by atoms with van der Waals surface area (Å²) in [5.41, 5.74) is 1.29. The van der Waals surface area contributed by atoms with E-state index in [9.17, 15) is 15.0 Å². The molecule has 3 aromatic rings. The Balaban J connectivity index is 2.04. The summed E-state index contributed by atoms with van der Waals surface area (Å²) in [7, 11) is 1.98. The van der Waals surface area contributed by atoms with Crippen LogP contribution < -0.4 is 5.43 Å². The Morgan fingerprint density at radius 3 is 2.56 bits per heavy atom. The first kappa shape index (κ1) is 15.7. The Morgan fingerprint density at radius 1 is 1.12 bits per heavy atom. The monoisotopic (exact) mass is 337 g/mol. The molecule has 0 radical (unpaired) electrons. The summed E-state index contributed by atoms with van der Waals surface area (Å²) < 4.78 is 6.04. The summed E-state index contributed by atoms with van der Waals surface area (Å²) >= 11 is 0. The molecule has 2 aromatic carbocycles. The number of phenols is 2. The van der Waals surface area contributed by atoms with E-state index in [1.165, 1.54) is 12.1 Å². The zero-order valence-electron chi connectivity index (χ0n) is 13.9. The first-order valence-corrected chi connectivity index (χ1v) is 8.34. The van der Waals surface area contributed by atoms with Gasteiger partial charge in [-0.1, -0.05) is 30.3 Å². The molecule has 0 spiro atoms. The molecule has 1 aromatic heterocycles. The van der Waals surface area contributed by atoms with Crippen LogP contribution in [-0.4, -0.2) is 28.7 Å². The van der Waals surface area contributed by atoms with Gasteiger partial charge >= 0.3 is 0 Å². The zero-order valence-corrected chi connectivity index (χ0v) is 13.9. The summed E-state index contributed by atoms with van der Waals surface area (Å²) in [4.78, 5) is 14.8. The number of phenolic OH excluding ortho intramolecular Hbond substituents is 2. The smallest absolute Gasteiger partial charge is 0.197 e. The molecular weight excluding hydrogens is 318 g/mol. The molecule has 1 fully saturated rings. The third kappa shape index (κ3) is 2.57. The van der Waals surface area contributed by atoms with Crippen LogP contribution in [0, 0.1) is 0 Å². The number of benzene rings is 2. The largest absolute Gasteiger partial charge is 0.507 e. The first-order chi connectivity index (χ1) is 12.1. The topological polar surface area (TPSA) is 73.9 Å². The van der Waals surface area contributed by atoms with Crippen LogP contribution in [0.3, 0.4) is 0 Å². The maximum atomic E-state index is 12.6. The van der Waals surface area contributed by atoms with Crippen molar-refractivity contribution in [3.05, 3.63) is 58.3 Å². The molecule has 1 saturated heterocycles. The number of likely N-dealkylation sites (tertiary alicyclic amines) is 1. The van der Waals surface area contributed by atoms with E-state index in [-0.39, 0.29) is 33.9 Å². The minimum atomic E-state index is -0.320. The molecule has 128 valence electrons. The van der Waals surface area contributed by atoms with Crippen molar-refractivity contribution in [2.75, 3.05) is 13.6 Å². The standard InChI is InChI=1S/C20H19NO4/c1-21-9-5-8-13(21)18-14(22)10-15(23)19-16(24)11-17(25-20(18)19)12-6-3-2-4-7-12/h2-4,6-7,10-11,13,22-23H,5,8-9H2,1H3. The lowest BCUT2D eigenvalue weighted by atomic mass is 9.99. The minimum Gasteiger partial charge on any atom is -0.507 e. The highest BCUT2D eigenvalue weighted by Crippen LogP contribution is 2.43. The molecule has 2 N–H and O–H groups in total. The lowest BCUT2D eigenvalue weighted by Gasteiger charge is -2.22. The Kier molecular flexibility index (Phi) is 3.73. The second kappa shape index (κ2) is 5.93. The third-order valence-corrected chi connectivity index (χ3v) is 4.91. The number of aromatic hydroxyl groups is 2. The lowest BCUT2D eigenvalue weighted by Crippen LogP contribution is -2.18. The van der Waals surface area contributed by atoms with Crippen molar-refractivity contribution >= 4 is 11.0 Å². The fraction of sp³-hybridized carbons (Fsp3) is 0.250. The molecule has 1 unspecified atom stereocenters. The van der Waals surface area contributed by atoms with Crippen LogP contribution in [0.1, 0.15) is 24.4 Å². The molecule has 2 heterocycles. The highest BCUT2D eigenvalue weighted by Gasteiger charge is 2.30. The van der Waals surface area contributed by atoms with Crippen molar-refractivity contribution in [1.82, 2.24) is 4.90 Å². The number of hydrogen-bond donors (Lipinski definition) is 2. The summed E-state index contributed by atoms with van der Waals surface area (Å²) in [5, 5.41) is 20.8. The van der Waals surface area contributed by atoms with Crippen molar-refractivity contribution < 1.29 is 14.6 Å². The SMILES string of the molecule is CN1CCCC1c1c(O)cc(O)c2c(=O)cc(-c3ccccc3)oc12. The second-order valence-corrected chi connectivity index (χ2v) is 6.51. The van der Waals surface area contributed by atoms with E-state index >= 15 is 0 Å². The maximum absolute atomic E-state index is 12.6. The fourth-order valence-electron chi connectivity index (χ4n) is 3.66. The normalized spacial score (nSPS) is 18.0. The van der Waals surface area contributed by atoms with Gasteiger partial charge in [0.15, 0.2) is 11.0 Å². The van der Waals surface area contributed by atoms with Gasteiger partial charge in [-0.15, -0.1) is 0 Å². The van der Waals surface area contributed by atoms with Crippen molar-refractivity contribution in [3.63, 3.8) is 0 Å². The maximum Gasteiger partial charge on any atom is 0.197 e. The molecule has 0 bridgehead atoms.